The van der Waals surface area contributed by atoms with E-state index in [9.17, 15) is 0 Å². The molecule has 1 atom stereocenters. The Morgan fingerprint density at radius 3 is 2.78 bits per heavy atom. The molecule has 4 heterocycles. The number of hydrogen-bond acceptors (Lipinski definition) is 6. The molecule has 0 radical (unpaired) electrons. The van der Waals surface area contributed by atoms with Crippen LogP contribution < -0.4 is 10.1 Å². The number of ether oxygens (including phenoxy) is 2. The first-order chi connectivity index (χ1) is 14.8. The fourth-order valence-corrected chi connectivity index (χ4v) is 4.10. The maximum atomic E-state index is 6.31. The van der Waals surface area contributed by atoms with E-state index in [1.807, 2.05) is 53.1 Å². The Hall–Kier alpha value is -2.45. The second kappa shape index (κ2) is 10.4. The van der Waals surface area contributed by atoms with Crippen LogP contribution in [0.3, 0.4) is 0 Å². The van der Waals surface area contributed by atoms with E-state index in [1.54, 1.807) is 7.11 Å². The SMILES string of the molecule is COC1(COc2cccc3ccc(-c4nnc5ccccn45)nc23)CCCNCC1.Cl.Cl. The lowest BCUT2D eigenvalue weighted by Gasteiger charge is -2.31. The van der Waals surface area contributed by atoms with Gasteiger partial charge in [-0.05, 0) is 56.6 Å². The second-order valence-electron chi connectivity index (χ2n) is 7.76. The van der Waals surface area contributed by atoms with Crippen molar-refractivity contribution in [1.82, 2.24) is 24.9 Å². The summed E-state index contributed by atoms with van der Waals surface area (Å²) in [7, 11) is 1.78. The van der Waals surface area contributed by atoms with Crippen molar-refractivity contribution in [2.45, 2.75) is 24.9 Å². The minimum absolute atomic E-state index is 0. The third-order valence-corrected chi connectivity index (χ3v) is 5.89. The number of halogens is 2. The molecule has 4 aromatic rings. The van der Waals surface area contributed by atoms with Gasteiger partial charge < -0.3 is 14.8 Å². The van der Waals surface area contributed by atoms with Crippen LogP contribution in [0.15, 0.2) is 54.7 Å². The van der Waals surface area contributed by atoms with Gasteiger partial charge in [0.15, 0.2) is 11.5 Å². The van der Waals surface area contributed by atoms with Crippen molar-refractivity contribution in [2.75, 3.05) is 26.8 Å². The number of methoxy groups -OCH3 is 1. The molecule has 5 rings (SSSR count). The third-order valence-electron chi connectivity index (χ3n) is 5.89. The van der Waals surface area contributed by atoms with Crippen molar-refractivity contribution < 1.29 is 9.47 Å². The Morgan fingerprint density at radius 1 is 1.00 bits per heavy atom. The van der Waals surface area contributed by atoms with Crippen molar-refractivity contribution in [3.63, 3.8) is 0 Å². The Kier molecular flexibility index (Phi) is 7.90. The summed E-state index contributed by atoms with van der Waals surface area (Å²) < 4.78 is 14.2. The molecule has 1 fully saturated rings. The molecular formula is C23H27Cl2N5O2. The first-order valence-electron chi connectivity index (χ1n) is 10.4. The van der Waals surface area contributed by atoms with Crippen LogP contribution in [0.5, 0.6) is 5.75 Å². The second-order valence-corrected chi connectivity index (χ2v) is 7.76. The molecule has 7 nitrogen and oxygen atoms in total. The largest absolute Gasteiger partial charge is 0.488 e. The first-order valence-corrected chi connectivity index (χ1v) is 10.4. The van der Waals surface area contributed by atoms with Gasteiger partial charge in [-0.25, -0.2) is 4.98 Å². The Morgan fingerprint density at radius 2 is 1.91 bits per heavy atom. The number of para-hydroxylation sites is 1. The quantitative estimate of drug-likeness (QED) is 0.463. The molecule has 0 aliphatic carbocycles. The van der Waals surface area contributed by atoms with Gasteiger partial charge in [-0.15, -0.1) is 35.0 Å². The molecule has 170 valence electrons. The molecule has 3 aromatic heterocycles. The predicted octanol–water partition coefficient (Wildman–Crippen LogP) is 4.33. The van der Waals surface area contributed by atoms with E-state index in [-0.39, 0.29) is 30.4 Å². The third kappa shape index (κ3) is 4.66. The van der Waals surface area contributed by atoms with Crippen molar-refractivity contribution in [3.8, 4) is 17.3 Å². The lowest BCUT2D eigenvalue weighted by atomic mass is 9.95. The molecular weight excluding hydrogens is 449 g/mol. The van der Waals surface area contributed by atoms with E-state index < -0.39 is 0 Å². The average Bonchev–Trinajstić information content (AvgIpc) is 3.08. The van der Waals surface area contributed by atoms with E-state index in [2.05, 4.69) is 21.6 Å². The van der Waals surface area contributed by atoms with Gasteiger partial charge in [0, 0.05) is 18.7 Å². The molecule has 0 bridgehead atoms. The molecule has 9 heteroatoms. The molecule has 1 aliphatic heterocycles. The molecule has 1 N–H and O–H groups in total. The standard InChI is InChI=1S/C23H25N5O2.2ClH/c1-29-23(11-5-13-24-14-12-23)16-30-19-7-4-6-17-9-10-18(25-21(17)19)22-27-26-20-8-2-3-15-28(20)22;;/h2-4,6-10,15,24H,5,11-14,16H2,1H3;2*1H. The van der Waals surface area contributed by atoms with E-state index in [0.717, 1.165) is 60.3 Å². The van der Waals surface area contributed by atoms with Gasteiger partial charge in [-0.1, -0.05) is 24.3 Å². The summed E-state index contributed by atoms with van der Waals surface area (Å²) in [6.07, 6.45) is 4.93. The Balaban J connectivity index is 0.00000144. The fraction of sp³-hybridized carbons (Fsp3) is 0.348. The zero-order valence-corrected chi connectivity index (χ0v) is 19.5. The molecule has 0 saturated carbocycles. The topological polar surface area (TPSA) is 73.6 Å². The summed E-state index contributed by atoms with van der Waals surface area (Å²) in [6.45, 7) is 2.47. The monoisotopic (exact) mass is 475 g/mol. The van der Waals surface area contributed by atoms with Gasteiger partial charge >= 0.3 is 0 Å². The highest BCUT2D eigenvalue weighted by atomic mass is 35.5. The van der Waals surface area contributed by atoms with Crippen LogP contribution in [0, 0.1) is 0 Å². The van der Waals surface area contributed by atoms with Crippen LogP contribution in [0.4, 0.5) is 0 Å². The number of nitrogens with zero attached hydrogens (tertiary/aromatic N) is 4. The Bertz CT molecular complexity index is 1180. The smallest absolute Gasteiger partial charge is 0.187 e. The number of nitrogens with one attached hydrogen (secondary N) is 1. The van der Waals surface area contributed by atoms with Crippen molar-refractivity contribution in [1.29, 1.82) is 0 Å². The molecule has 1 aliphatic rings. The summed E-state index contributed by atoms with van der Waals surface area (Å²) in [5.74, 6) is 1.47. The van der Waals surface area contributed by atoms with E-state index in [1.165, 1.54) is 0 Å². The van der Waals surface area contributed by atoms with Gasteiger partial charge in [-0.2, -0.15) is 0 Å². The van der Waals surface area contributed by atoms with Gasteiger partial charge in [0.25, 0.3) is 0 Å². The molecule has 0 amide bonds. The molecule has 1 saturated heterocycles. The highest BCUT2D eigenvalue weighted by Gasteiger charge is 2.32. The minimum Gasteiger partial charge on any atom is -0.488 e. The minimum atomic E-state index is -0.271. The van der Waals surface area contributed by atoms with E-state index in [0.29, 0.717) is 12.4 Å². The molecule has 1 aromatic carbocycles. The van der Waals surface area contributed by atoms with Crippen molar-refractivity contribution >= 4 is 41.4 Å². The van der Waals surface area contributed by atoms with Gasteiger partial charge in [0.1, 0.15) is 29.2 Å². The normalized spacial score (nSPS) is 18.5. The van der Waals surface area contributed by atoms with E-state index >= 15 is 0 Å². The summed E-state index contributed by atoms with van der Waals surface area (Å²) >= 11 is 0. The summed E-state index contributed by atoms with van der Waals surface area (Å²) in [4.78, 5) is 4.90. The van der Waals surface area contributed by atoms with Crippen molar-refractivity contribution in [3.05, 3.63) is 54.7 Å². The molecule has 0 spiro atoms. The lowest BCUT2D eigenvalue weighted by Crippen LogP contribution is -2.39. The number of aromatic nitrogens is 4. The fourth-order valence-electron chi connectivity index (χ4n) is 4.10. The van der Waals surface area contributed by atoms with Crippen molar-refractivity contribution in [2.24, 2.45) is 0 Å². The zero-order chi connectivity index (χ0) is 20.4. The highest BCUT2D eigenvalue weighted by molar-refractivity contribution is 5.86. The van der Waals surface area contributed by atoms with Crippen LogP contribution in [-0.2, 0) is 4.74 Å². The summed E-state index contributed by atoms with van der Waals surface area (Å²) in [6, 6.07) is 15.9. The van der Waals surface area contributed by atoms with Gasteiger partial charge in [-0.3, -0.25) is 4.40 Å². The van der Waals surface area contributed by atoms with Crippen LogP contribution >= 0.6 is 24.8 Å². The number of rotatable bonds is 5. The molecule has 32 heavy (non-hydrogen) atoms. The lowest BCUT2D eigenvalue weighted by molar-refractivity contribution is -0.0522. The number of hydrogen-bond donors (Lipinski definition) is 1. The number of benzene rings is 1. The van der Waals surface area contributed by atoms with Crippen LogP contribution in [0.1, 0.15) is 19.3 Å². The molecule has 1 unspecified atom stereocenters. The summed E-state index contributed by atoms with van der Waals surface area (Å²) in [5, 5.41) is 13.0. The maximum Gasteiger partial charge on any atom is 0.187 e. The number of fused-ring (bicyclic) bond motifs is 2. The predicted molar refractivity (Wildman–Crippen MR) is 130 cm³/mol. The van der Waals surface area contributed by atoms with E-state index in [4.69, 9.17) is 14.5 Å². The first kappa shape index (κ1) is 24.2. The van der Waals surface area contributed by atoms with Gasteiger partial charge in [0.2, 0.25) is 0 Å². The van der Waals surface area contributed by atoms with Crippen LogP contribution in [-0.4, -0.2) is 52.0 Å². The zero-order valence-electron chi connectivity index (χ0n) is 17.9. The Labute approximate surface area is 199 Å². The van der Waals surface area contributed by atoms with Gasteiger partial charge in [0.05, 0.1) is 0 Å². The van der Waals surface area contributed by atoms with Crippen LogP contribution in [0.25, 0.3) is 28.1 Å². The maximum absolute atomic E-state index is 6.31. The summed E-state index contributed by atoms with van der Waals surface area (Å²) in [5.41, 5.74) is 2.10. The average molecular weight is 476 g/mol. The number of pyridine rings is 2. The van der Waals surface area contributed by atoms with Crippen LogP contribution in [0.2, 0.25) is 0 Å². The highest BCUT2D eigenvalue weighted by Crippen LogP contribution is 2.30.